The average Bonchev–Trinajstić information content (AvgIpc) is 2.43. The van der Waals surface area contributed by atoms with Crippen LogP contribution >= 0.6 is 11.8 Å². The van der Waals surface area contributed by atoms with Crippen LogP contribution in [0.25, 0.3) is 0 Å². The van der Waals surface area contributed by atoms with Gasteiger partial charge in [-0.05, 0) is 20.8 Å². The largest absolute Gasteiger partial charge is 0.469 e. The van der Waals surface area contributed by atoms with Gasteiger partial charge in [-0.3, -0.25) is 9.59 Å². The van der Waals surface area contributed by atoms with Gasteiger partial charge < -0.3 is 14.3 Å². The molecule has 0 bridgehead atoms. The maximum absolute atomic E-state index is 11.5. The van der Waals surface area contributed by atoms with E-state index in [1.54, 1.807) is 13.8 Å². The van der Waals surface area contributed by atoms with Gasteiger partial charge in [-0.2, -0.15) is 0 Å². The first-order chi connectivity index (χ1) is 10.1. The van der Waals surface area contributed by atoms with Crippen molar-refractivity contribution < 1.29 is 28.7 Å². The summed E-state index contributed by atoms with van der Waals surface area (Å²) in [5, 5.41) is 1.10. The van der Waals surface area contributed by atoms with E-state index in [2.05, 4.69) is 11.3 Å². The number of esters is 2. The van der Waals surface area contributed by atoms with Gasteiger partial charge in [0.2, 0.25) is 0 Å². The van der Waals surface area contributed by atoms with Gasteiger partial charge in [0.05, 0.1) is 18.3 Å². The summed E-state index contributed by atoms with van der Waals surface area (Å²) < 4.78 is 9.61. The molecular formula is C14H23NO6S. The Morgan fingerprint density at radius 3 is 2.36 bits per heavy atom. The summed E-state index contributed by atoms with van der Waals surface area (Å²) in [5.41, 5.74) is -0.424. The molecular weight excluding hydrogens is 310 g/mol. The van der Waals surface area contributed by atoms with Crippen LogP contribution in [0, 0.1) is 5.41 Å². The quantitative estimate of drug-likeness (QED) is 0.271. The summed E-state index contributed by atoms with van der Waals surface area (Å²) in [6.45, 7) is 8.25. The molecule has 0 aliphatic heterocycles. The average molecular weight is 333 g/mol. The van der Waals surface area contributed by atoms with Crippen LogP contribution in [0.5, 0.6) is 0 Å². The highest BCUT2D eigenvalue weighted by Gasteiger charge is 2.28. The number of hydroxylamine groups is 2. The molecule has 0 aromatic rings. The van der Waals surface area contributed by atoms with Gasteiger partial charge >= 0.3 is 17.9 Å². The highest BCUT2D eigenvalue weighted by atomic mass is 32.2. The van der Waals surface area contributed by atoms with Gasteiger partial charge in [0.25, 0.3) is 0 Å². The lowest BCUT2D eigenvalue weighted by Gasteiger charge is -2.20. The minimum Gasteiger partial charge on any atom is -0.469 e. The molecule has 22 heavy (non-hydrogen) atoms. The van der Waals surface area contributed by atoms with E-state index < -0.39 is 17.4 Å². The third-order valence-corrected chi connectivity index (χ3v) is 3.78. The number of ether oxygens (including phenoxy) is 2. The number of methoxy groups -OCH3 is 1. The minimum atomic E-state index is -0.673. The molecule has 126 valence electrons. The van der Waals surface area contributed by atoms with Gasteiger partial charge in [-0.1, -0.05) is 6.58 Å². The first-order valence-corrected chi connectivity index (χ1v) is 7.66. The van der Waals surface area contributed by atoms with Crippen molar-refractivity contribution >= 4 is 29.7 Å². The molecule has 0 spiro atoms. The zero-order valence-electron chi connectivity index (χ0n) is 13.6. The van der Waals surface area contributed by atoms with Crippen LogP contribution in [0.2, 0.25) is 0 Å². The molecule has 0 amide bonds. The molecule has 0 fully saturated rings. The number of hydrogen-bond donors (Lipinski definition) is 0. The monoisotopic (exact) mass is 333 g/mol. The zero-order valence-corrected chi connectivity index (χ0v) is 14.4. The van der Waals surface area contributed by atoms with Crippen LogP contribution in [0.15, 0.2) is 12.2 Å². The molecule has 0 aliphatic rings. The van der Waals surface area contributed by atoms with Crippen molar-refractivity contribution in [2.24, 2.45) is 5.41 Å². The molecule has 0 heterocycles. The van der Waals surface area contributed by atoms with Crippen LogP contribution in [0.1, 0.15) is 20.8 Å². The van der Waals surface area contributed by atoms with Gasteiger partial charge in [0.15, 0.2) is 6.73 Å². The van der Waals surface area contributed by atoms with Crippen molar-refractivity contribution in [2.75, 3.05) is 32.4 Å². The van der Waals surface area contributed by atoms with Crippen LogP contribution in [-0.4, -0.2) is 55.4 Å². The summed E-state index contributed by atoms with van der Waals surface area (Å²) >= 11 is 1.27. The number of thioether (sulfide) groups is 1. The van der Waals surface area contributed by atoms with Gasteiger partial charge in [0, 0.05) is 18.4 Å². The van der Waals surface area contributed by atoms with E-state index in [9.17, 15) is 14.4 Å². The molecule has 7 nitrogen and oxygen atoms in total. The van der Waals surface area contributed by atoms with Crippen molar-refractivity contribution in [3.05, 3.63) is 12.2 Å². The zero-order chi connectivity index (χ0) is 17.3. The molecule has 0 N–H and O–H groups in total. The smallest absolute Gasteiger partial charge is 0.352 e. The van der Waals surface area contributed by atoms with Crippen LogP contribution in [0.4, 0.5) is 0 Å². The lowest BCUT2D eigenvalue weighted by atomic mass is 9.97. The molecule has 0 aromatic heterocycles. The maximum Gasteiger partial charge on any atom is 0.352 e. The van der Waals surface area contributed by atoms with Crippen molar-refractivity contribution in [1.82, 2.24) is 5.06 Å². The number of carbonyl (C=O) groups is 3. The maximum atomic E-state index is 11.5. The molecule has 0 aromatic carbocycles. The molecule has 8 heteroatoms. The van der Waals surface area contributed by atoms with Crippen molar-refractivity contribution in [3.63, 3.8) is 0 Å². The Morgan fingerprint density at radius 1 is 1.27 bits per heavy atom. The molecule has 0 saturated heterocycles. The lowest BCUT2D eigenvalue weighted by Crippen LogP contribution is -2.29. The van der Waals surface area contributed by atoms with E-state index in [1.165, 1.54) is 32.8 Å². The molecule has 0 unspecified atom stereocenters. The molecule has 0 aliphatic carbocycles. The Labute approximate surface area is 134 Å². The Bertz CT molecular complexity index is 435. The second kappa shape index (κ2) is 9.47. The van der Waals surface area contributed by atoms with E-state index in [0.29, 0.717) is 5.75 Å². The fourth-order valence-corrected chi connectivity index (χ4v) is 2.16. The second-order valence-electron chi connectivity index (χ2n) is 5.30. The van der Waals surface area contributed by atoms with Crippen LogP contribution < -0.4 is 0 Å². The van der Waals surface area contributed by atoms with Crippen molar-refractivity contribution in [2.45, 2.75) is 20.8 Å². The Kier molecular flexibility index (Phi) is 8.81. The van der Waals surface area contributed by atoms with Gasteiger partial charge in [-0.15, -0.1) is 16.8 Å². The highest BCUT2D eigenvalue weighted by Crippen LogP contribution is 2.23. The SMILES string of the molecule is C=C(C)C(=O)ON(C)COC(=O)CSCC(C)(C)C(=O)OC. The van der Waals surface area contributed by atoms with E-state index in [1.807, 2.05) is 0 Å². The van der Waals surface area contributed by atoms with E-state index in [-0.39, 0.29) is 24.0 Å². The Morgan fingerprint density at radius 2 is 1.86 bits per heavy atom. The predicted octanol–water partition coefficient (Wildman–Crippen LogP) is 1.39. The third-order valence-electron chi connectivity index (χ3n) is 2.42. The predicted molar refractivity (Wildman–Crippen MR) is 82.8 cm³/mol. The Hall–Kier alpha value is -1.54. The first-order valence-electron chi connectivity index (χ1n) is 6.51. The van der Waals surface area contributed by atoms with Crippen molar-refractivity contribution in [3.8, 4) is 0 Å². The molecule has 0 atom stereocenters. The van der Waals surface area contributed by atoms with Crippen LogP contribution in [-0.2, 0) is 28.7 Å². The normalized spacial score (nSPS) is 11.0. The van der Waals surface area contributed by atoms with E-state index >= 15 is 0 Å². The number of hydrogen-bond acceptors (Lipinski definition) is 8. The minimum absolute atomic E-state index is 0.0860. The summed E-state index contributed by atoms with van der Waals surface area (Å²) in [7, 11) is 2.78. The standard InChI is InChI=1S/C14H23NO6S/c1-10(2)12(17)21-15(5)9-20-11(16)7-22-8-14(3,4)13(18)19-6/h1,7-9H2,2-6H3. The van der Waals surface area contributed by atoms with Gasteiger partial charge in [0.1, 0.15) is 0 Å². The summed E-state index contributed by atoms with van der Waals surface area (Å²) in [5.74, 6) is -0.880. The number of carbonyl (C=O) groups excluding carboxylic acids is 3. The topological polar surface area (TPSA) is 82.1 Å². The van der Waals surface area contributed by atoms with Crippen LogP contribution in [0.3, 0.4) is 0 Å². The fraction of sp³-hybridized carbons (Fsp3) is 0.643. The first kappa shape index (κ1) is 20.5. The van der Waals surface area contributed by atoms with E-state index in [4.69, 9.17) is 9.57 Å². The highest BCUT2D eigenvalue weighted by molar-refractivity contribution is 7.99. The second-order valence-corrected chi connectivity index (χ2v) is 6.29. The lowest BCUT2D eigenvalue weighted by molar-refractivity contribution is -0.201. The summed E-state index contributed by atoms with van der Waals surface area (Å²) in [6.07, 6.45) is 0. The van der Waals surface area contributed by atoms with Gasteiger partial charge in [-0.25, -0.2) is 4.79 Å². The Balaban J connectivity index is 3.99. The van der Waals surface area contributed by atoms with E-state index in [0.717, 1.165) is 5.06 Å². The third kappa shape index (κ3) is 8.04. The number of rotatable bonds is 9. The van der Waals surface area contributed by atoms with Crippen molar-refractivity contribution in [1.29, 1.82) is 0 Å². The number of nitrogens with zero attached hydrogens (tertiary/aromatic N) is 1. The summed E-state index contributed by atoms with van der Waals surface area (Å²) in [4.78, 5) is 39.1. The molecule has 0 saturated carbocycles. The fourth-order valence-electron chi connectivity index (χ4n) is 1.18. The molecule has 0 radical (unpaired) electrons. The summed E-state index contributed by atoms with van der Waals surface area (Å²) in [6, 6.07) is 0. The molecule has 0 rings (SSSR count).